The van der Waals surface area contributed by atoms with E-state index in [4.69, 9.17) is 0 Å². The van der Waals surface area contributed by atoms with E-state index in [-0.39, 0.29) is 24.9 Å². The first-order valence-corrected chi connectivity index (χ1v) is 5.62. The van der Waals surface area contributed by atoms with Crippen LogP contribution in [0.4, 0.5) is 0 Å². The summed E-state index contributed by atoms with van der Waals surface area (Å²) in [6, 6.07) is 0. The molecule has 0 saturated carbocycles. The zero-order valence-electron chi connectivity index (χ0n) is 9.50. The first-order valence-electron chi connectivity index (χ1n) is 5.62. The maximum absolute atomic E-state index is 11.6. The molecule has 0 unspecified atom stereocenters. The summed E-state index contributed by atoms with van der Waals surface area (Å²) in [4.78, 5) is 28.6. The first kappa shape index (κ1) is 11.6. The maximum Gasteiger partial charge on any atom is 0.242 e. The molecule has 92 valence electrons. The maximum atomic E-state index is 11.6. The lowest BCUT2D eigenvalue weighted by molar-refractivity contribution is -0.132. The van der Waals surface area contributed by atoms with Gasteiger partial charge < -0.3 is 10.2 Å². The molecule has 2 amide bonds. The average molecular weight is 237 g/mol. The van der Waals surface area contributed by atoms with Crippen LogP contribution in [0, 0.1) is 0 Å². The third kappa shape index (κ3) is 3.27. The minimum absolute atomic E-state index is 0.0190. The van der Waals surface area contributed by atoms with Gasteiger partial charge in [-0.3, -0.25) is 9.59 Å². The number of nitrogens with one attached hydrogen (secondary N) is 1. The van der Waals surface area contributed by atoms with E-state index in [0.29, 0.717) is 0 Å². The zero-order chi connectivity index (χ0) is 12.1. The van der Waals surface area contributed by atoms with Crippen LogP contribution in [0.25, 0.3) is 0 Å². The van der Waals surface area contributed by atoms with Crippen LogP contribution in [-0.2, 0) is 16.1 Å². The molecule has 0 bridgehead atoms. The molecule has 7 heteroatoms. The highest BCUT2D eigenvalue weighted by molar-refractivity contribution is 5.84. The molecule has 7 nitrogen and oxygen atoms in total. The first-order chi connectivity index (χ1) is 8.25. The summed E-state index contributed by atoms with van der Waals surface area (Å²) in [5.41, 5.74) is 0. The number of carbonyl (C=O) groups is 2. The lowest BCUT2D eigenvalue weighted by Gasteiger charge is -2.15. The Bertz CT molecular complexity index is 383. The number of amides is 2. The Hall–Kier alpha value is -1.92. The van der Waals surface area contributed by atoms with Gasteiger partial charge in [0.2, 0.25) is 11.8 Å². The van der Waals surface area contributed by atoms with Crippen molar-refractivity contribution in [2.24, 2.45) is 0 Å². The van der Waals surface area contributed by atoms with Crippen molar-refractivity contribution in [2.45, 2.75) is 19.4 Å². The van der Waals surface area contributed by atoms with Crippen LogP contribution < -0.4 is 5.32 Å². The highest BCUT2D eigenvalue weighted by atomic mass is 16.2. The van der Waals surface area contributed by atoms with E-state index in [1.54, 1.807) is 4.90 Å². The van der Waals surface area contributed by atoms with E-state index < -0.39 is 0 Å². The van der Waals surface area contributed by atoms with Gasteiger partial charge in [-0.1, -0.05) is 0 Å². The van der Waals surface area contributed by atoms with Crippen molar-refractivity contribution < 1.29 is 9.59 Å². The van der Waals surface area contributed by atoms with Crippen LogP contribution >= 0.6 is 0 Å². The van der Waals surface area contributed by atoms with Crippen LogP contribution in [-0.4, -0.2) is 51.1 Å². The van der Waals surface area contributed by atoms with Crippen molar-refractivity contribution in [3.8, 4) is 0 Å². The van der Waals surface area contributed by atoms with Crippen molar-refractivity contribution in [3.05, 3.63) is 12.7 Å². The topological polar surface area (TPSA) is 80.1 Å². The van der Waals surface area contributed by atoms with Gasteiger partial charge in [0.15, 0.2) is 0 Å². The molecule has 1 N–H and O–H groups in total. The molecule has 1 aromatic rings. The number of hydrogen-bond donors (Lipinski definition) is 1. The second-order valence-electron chi connectivity index (χ2n) is 3.96. The Labute approximate surface area is 98.8 Å². The monoisotopic (exact) mass is 237 g/mol. The molecule has 0 aromatic carbocycles. The van der Waals surface area contributed by atoms with Gasteiger partial charge >= 0.3 is 0 Å². The molecule has 17 heavy (non-hydrogen) atoms. The third-order valence-corrected chi connectivity index (χ3v) is 2.67. The second kappa shape index (κ2) is 5.42. The Kier molecular flexibility index (Phi) is 3.69. The molecular weight excluding hydrogens is 222 g/mol. The van der Waals surface area contributed by atoms with Gasteiger partial charge in [-0.25, -0.2) is 9.67 Å². The molecule has 0 aliphatic carbocycles. The smallest absolute Gasteiger partial charge is 0.242 e. The van der Waals surface area contributed by atoms with Crippen LogP contribution in [0.2, 0.25) is 0 Å². The molecule has 0 spiro atoms. The Morgan fingerprint density at radius 3 is 2.71 bits per heavy atom. The molecule has 1 saturated heterocycles. The van der Waals surface area contributed by atoms with Gasteiger partial charge in [0, 0.05) is 13.1 Å². The number of aromatic nitrogens is 3. The largest absolute Gasteiger partial charge is 0.345 e. The molecule has 1 fully saturated rings. The fraction of sp³-hybridized carbons (Fsp3) is 0.600. The molecule has 1 aromatic heterocycles. The standard InChI is InChI=1S/C10H15N5O2/c16-9(6-15-8-11-7-13-15)12-5-10(17)14-3-1-2-4-14/h7-8H,1-6H2,(H,12,16). The number of hydrogen-bond acceptors (Lipinski definition) is 4. The van der Waals surface area contributed by atoms with Crippen molar-refractivity contribution in [3.63, 3.8) is 0 Å². The molecule has 1 aliphatic rings. The van der Waals surface area contributed by atoms with Gasteiger partial charge in [-0.15, -0.1) is 0 Å². The fourth-order valence-electron chi connectivity index (χ4n) is 1.77. The number of likely N-dealkylation sites (tertiary alicyclic amines) is 1. The minimum atomic E-state index is -0.233. The minimum Gasteiger partial charge on any atom is -0.345 e. The van der Waals surface area contributed by atoms with Crippen molar-refractivity contribution in [1.29, 1.82) is 0 Å². The summed E-state index contributed by atoms with van der Waals surface area (Å²) in [5.74, 6) is -0.252. The molecule has 2 rings (SSSR count). The van der Waals surface area contributed by atoms with E-state index in [0.717, 1.165) is 25.9 Å². The fourth-order valence-corrected chi connectivity index (χ4v) is 1.77. The van der Waals surface area contributed by atoms with Gasteiger partial charge in [0.25, 0.3) is 0 Å². The number of carbonyl (C=O) groups excluding carboxylic acids is 2. The van der Waals surface area contributed by atoms with Crippen molar-refractivity contribution >= 4 is 11.8 Å². The van der Waals surface area contributed by atoms with Gasteiger partial charge in [-0.2, -0.15) is 5.10 Å². The van der Waals surface area contributed by atoms with Crippen LogP contribution in [0.1, 0.15) is 12.8 Å². The van der Waals surface area contributed by atoms with E-state index in [9.17, 15) is 9.59 Å². The molecule has 2 heterocycles. The summed E-state index contributed by atoms with van der Waals surface area (Å²) in [6.45, 7) is 1.76. The highest BCUT2D eigenvalue weighted by Crippen LogP contribution is 2.06. The summed E-state index contributed by atoms with van der Waals surface area (Å²) in [5, 5.41) is 6.39. The third-order valence-electron chi connectivity index (χ3n) is 2.67. The molecule has 0 atom stereocenters. The van der Waals surface area contributed by atoms with E-state index in [1.165, 1.54) is 17.3 Å². The summed E-state index contributed by atoms with van der Waals surface area (Å²) >= 11 is 0. The zero-order valence-corrected chi connectivity index (χ0v) is 9.50. The highest BCUT2D eigenvalue weighted by Gasteiger charge is 2.18. The Morgan fingerprint density at radius 2 is 2.06 bits per heavy atom. The van der Waals surface area contributed by atoms with Gasteiger partial charge in [0.1, 0.15) is 19.2 Å². The lowest BCUT2D eigenvalue weighted by Crippen LogP contribution is -2.39. The predicted molar refractivity (Wildman–Crippen MR) is 58.8 cm³/mol. The van der Waals surface area contributed by atoms with Gasteiger partial charge in [-0.05, 0) is 12.8 Å². The van der Waals surface area contributed by atoms with Crippen LogP contribution in [0.3, 0.4) is 0 Å². The average Bonchev–Trinajstić information content (AvgIpc) is 2.97. The number of rotatable bonds is 4. The normalized spacial score (nSPS) is 14.9. The SMILES string of the molecule is O=C(Cn1cncn1)NCC(=O)N1CCCC1. The van der Waals surface area contributed by atoms with Crippen LogP contribution in [0.5, 0.6) is 0 Å². The number of nitrogens with zero attached hydrogens (tertiary/aromatic N) is 4. The second-order valence-corrected chi connectivity index (χ2v) is 3.96. The lowest BCUT2D eigenvalue weighted by atomic mass is 10.4. The Morgan fingerprint density at radius 1 is 1.29 bits per heavy atom. The quantitative estimate of drug-likeness (QED) is 0.729. The summed E-state index contributed by atoms with van der Waals surface area (Å²) < 4.78 is 1.41. The summed E-state index contributed by atoms with van der Waals surface area (Å²) in [6.07, 6.45) is 4.93. The van der Waals surface area contributed by atoms with Crippen LogP contribution in [0.15, 0.2) is 12.7 Å². The molecule has 0 radical (unpaired) electrons. The Balaban J connectivity index is 1.70. The van der Waals surface area contributed by atoms with Crippen molar-refractivity contribution in [1.82, 2.24) is 25.0 Å². The summed E-state index contributed by atoms with van der Waals surface area (Å²) in [7, 11) is 0. The predicted octanol–water partition coefficient (Wildman–Crippen LogP) is -0.983. The molecular formula is C10H15N5O2. The van der Waals surface area contributed by atoms with Crippen molar-refractivity contribution in [2.75, 3.05) is 19.6 Å². The molecule has 1 aliphatic heterocycles. The van der Waals surface area contributed by atoms with E-state index in [2.05, 4.69) is 15.4 Å². The van der Waals surface area contributed by atoms with E-state index >= 15 is 0 Å². The van der Waals surface area contributed by atoms with Gasteiger partial charge in [0.05, 0.1) is 6.54 Å². The van der Waals surface area contributed by atoms with E-state index in [1.807, 2.05) is 0 Å².